The second-order valence-corrected chi connectivity index (χ2v) is 8.42. The average molecular weight is 468 g/mol. The molecule has 0 saturated carbocycles. The zero-order chi connectivity index (χ0) is 23.4. The van der Waals surface area contributed by atoms with Gasteiger partial charge < -0.3 is 10.1 Å². The van der Waals surface area contributed by atoms with Gasteiger partial charge in [-0.15, -0.1) is 5.10 Å². The number of tetrazole rings is 1. The Morgan fingerprint density at radius 1 is 1.30 bits per heavy atom. The van der Waals surface area contributed by atoms with Crippen LogP contribution < -0.4 is 5.32 Å². The molecule has 1 aliphatic rings. The first-order valence-corrected chi connectivity index (χ1v) is 11.0. The van der Waals surface area contributed by atoms with E-state index in [4.69, 9.17) is 4.74 Å². The lowest BCUT2D eigenvalue weighted by molar-refractivity contribution is -0.384. The SMILES string of the molecule is Cn1nnnc1Sc1ccc([N+](=O)[O-])cc1C(=O)OCC(=O)N[C@H]1CCCc2ccccc21. The number of fused-ring (bicyclic) bond motifs is 1. The number of nitrogens with zero attached hydrogens (tertiary/aromatic N) is 5. The number of nitrogens with one attached hydrogen (secondary N) is 1. The van der Waals surface area contributed by atoms with Gasteiger partial charge in [0.05, 0.1) is 16.5 Å². The molecular formula is C21H20N6O5S. The van der Waals surface area contributed by atoms with Crippen molar-refractivity contribution < 1.29 is 19.2 Å². The number of esters is 1. The molecule has 170 valence electrons. The van der Waals surface area contributed by atoms with Crippen molar-refractivity contribution in [2.45, 2.75) is 35.4 Å². The summed E-state index contributed by atoms with van der Waals surface area (Å²) >= 11 is 1.05. The zero-order valence-electron chi connectivity index (χ0n) is 17.6. The summed E-state index contributed by atoms with van der Waals surface area (Å²) in [4.78, 5) is 36.2. The smallest absolute Gasteiger partial charge is 0.340 e. The maximum Gasteiger partial charge on any atom is 0.340 e. The molecule has 0 saturated heterocycles. The monoisotopic (exact) mass is 468 g/mol. The van der Waals surface area contributed by atoms with Gasteiger partial charge in [0, 0.05) is 24.1 Å². The molecule has 1 N–H and O–H groups in total. The van der Waals surface area contributed by atoms with E-state index in [1.54, 1.807) is 7.05 Å². The Kier molecular flexibility index (Phi) is 6.63. The lowest BCUT2D eigenvalue weighted by Crippen LogP contribution is -2.34. The minimum absolute atomic E-state index is 0.0481. The summed E-state index contributed by atoms with van der Waals surface area (Å²) in [6.45, 7) is -0.504. The van der Waals surface area contributed by atoms with Crippen molar-refractivity contribution in [3.8, 4) is 0 Å². The summed E-state index contributed by atoms with van der Waals surface area (Å²) in [5, 5.41) is 25.6. The van der Waals surface area contributed by atoms with Crippen molar-refractivity contribution in [1.82, 2.24) is 25.5 Å². The maximum atomic E-state index is 12.8. The highest BCUT2D eigenvalue weighted by atomic mass is 32.2. The zero-order valence-corrected chi connectivity index (χ0v) is 18.4. The Bertz CT molecular complexity index is 1210. The Balaban J connectivity index is 1.45. The van der Waals surface area contributed by atoms with Crippen LogP contribution in [0.4, 0.5) is 5.69 Å². The number of nitro benzene ring substituents is 1. The molecule has 0 spiro atoms. The highest BCUT2D eigenvalue weighted by Gasteiger charge is 2.24. The lowest BCUT2D eigenvalue weighted by Gasteiger charge is -2.26. The standard InChI is InChI=1S/C21H20N6O5S/c1-26-21(23-24-25-26)33-18-10-9-14(27(30)31)11-16(18)20(29)32-12-19(28)22-17-8-4-6-13-5-2-3-7-15(13)17/h2-3,5,7,9-11,17H,4,6,8,12H2,1H3,(H,22,28)/t17-/m0/s1. The molecular weight excluding hydrogens is 448 g/mol. The topological polar surface area (TPSA) is 142 Å². The van der Waals surface area contributed by atoms with Crippen LogP contribution in [0, 0.1) is 10.1 Å². The Hall–Kier alpha value is -3.80. The number of hydrogen-bond donors (Lipinski definition) is 1. The molecule has 2 aromatic carbocycles. The predicted molar refractivity (Wildman–Crippen MR) is 117 cm³/mol. The maximum absolute atomic E-state index is 12.8. The van der Waals surface area contributed by atoms with E-state index >= 15 is 0 Å². The third-order valence-electron chi connectivity index (χ3n) is 5.22. The van der Waals surface area contributed by atoms with Crippen molar-refractivity contribution in [1.29, 1.82) is 0 Å². The van der Waals surface area contributed by atoms with Crippen LogP contribution in [0.25, 0.3) is 0 Å². The van der Waals surface area contributed by atoms with Crippen LogP contribution in [0.1, 0.15) is 40.4 Å². The number of benzene rings is 2. The second kappa shape index (κ2) is 9.77. The van der Waals surface area contributed by atoms with E-state index in [0.29, 0.717) is 10.1 Å². The minimum atomic E-state index is -0.851. The van der Waals surface area contributed by atoms with Crippen LogP contribution in [-0.4, -0.2) is 43.6 Å². The van der Waals surface area contributed by atoms with Gasteiger partial charge in [-0.1, -0.05) is 24.3 Å². The van der Waals surface area contributed by atoms with E-state index in [-0.39, 0.29) is 17.3 Å². The van der Waals surface area contributed by atoms with E-state index in [9.17, 15) is 19.7 Å². The van der Waals surface area contributed by atoms with Crippen LogP contribution in [0.2, 0.25) is 0 Å². The molecule has 4 rings (SSSR count). The van der Waals surface area contributed by atoms with Gasteiger partial charge in [0.15, 0.2) is 6.61 Å². The van der Waals surface area contributed by atoms with Gasteiger partial charge in [-0.25, -0.2) is 9.48 Å². The quantitative estimate of drug-likeness (QED) is 0.314. The highest BCUT2D eigenvalue weighted by molar-refractivity contribution is 7.99. The predicted octanol–water partition coefficient (Wildman–Crippen LogP) is 2.62. The summed E-state index contributed by atoms with van der Waals surface area (Å²) in [7, 11) is 1.62. The number of aryl methyl sites for hydroxylation is 2. The Morgan fingerprint density at radius 2 is 2.12 bits per heavy atom. The Labute approximate surface area is 192 Å². The van der Waals surface area contributed by atoms with Crippen LogP contribution in [0.5, 0.6) is 0 Å². The highest BCUT2D eigenvalue weighted by Crippen LogP contribution is 2.32. The lowest BCUT2D eigenvalue weighted by atomic mass is 9.88. The molecule has 11 nitrogen and oxygen atoms in total. The number of carbonyl (C=O) groups is 2. The third kappa shape index (κ3) is 5.17. The van der Waals surface area contributed by atoms with Gasteiger partial charge >= 0.3 is 5.97 Å². The van der Waals surface area contributed by atoms with Crippen molar-refractivity contribution in [2.75, 3.05) is 6.61 Å². The number of carbonyl (C=O) groups excluding carboxylic acids is 2. The number of hydrogen-bond acceptors (Lipinski definition) is 9. The van der Waals surface area contributed by atoms with Gasteiger partial charge in [-0.3, -0.25) is 14.9 Å². The van der Waals surface area contributed by atoms with Gasteiger partial charge in [0.2, 0.25) is 5.16 Å². The van der Waals surface area contributed by atoms with Gasteiger partial charge in [0.1, 0.15) is 0 Å². The fourth-order valence-corrected chi connectivity index (χ4v) is 4.47. The largest absolute Gasteiger partial charge is 0.452 e. The van der Waals surface area contributed by atoms with Crippen LogP contribution in [0.15, 0.2) is 52.5 Å². The van der Waals surface area contributed by atoms with Crippen LogP contribution in [-0.2, 0) is 23.0 Å². The average Bonchev–Trinajstić information content (AvgIpc) is 3.22. The van der Waals surface area contributed by atoms with Crippen molar-refractivity contribution >= 4 is 29.3 Å². The number of rotatable bonds is 7. The normalized spacial score (nSPS) is 14.9. The number of nitro groups is 1. The molecule has 3 aromatic rings. The molecule has 12 heteroatoms. The molecule has 0 fully saturated rings. The number of non-ortho nitro benzene ring substituents is 1. The molecule has 1 heterocycles. The third-order valence-corrected chi connectivity index (χ3v) is 6.32. The molecule has 0 radical (unpaired) electrons. The van der Waals surface area contributed by atoms with Crippen molar-refractivity contribution in [3.63, 3.8) is 0 Å². The summed E-state index contributed by atoms with van der Waals surface area (Å²) in [5.41, 5.74) is 1.94. The van der Waals surface area contributed by atoms with Crippen molar-refractivity contribution in [2.24, 2.45) is 7.05 Å². The molecule has 1 atom stereocenters. The molecule has 1 aliphatic carbocycles. The van der Waals surface area contributed by atoms with Crippen molar-refractivity contribution in [3.05, 3.63) is 69.3 Å². The second-order valence-electron chi connectivity index (χ2n) is 7.41. The molecule has 1 aromatic heterocycles. The fourth-order valence-electron chi connectivity index (χ4n) is 3.63. The van der Waals surface area contributed by atoms with E-state index in [1.807, 2.05) is 24.3 Å². The summed E-state index contributed by atoms with van der Waals surface area (Å²) < 4.78 is 6.60. The summed E-state index contributed by atoms with van der Waals surface area (Å²) in [5.74, 6) is -1.29. The fraction of sp³-hybridized carbons (Fsp3) is 0.286. The molecule has 33 heavy (non-hydrogen) atoms. The first-order valence-electron chi connectivity index (χ1n) is 10.2. The van der Waals surface area contributed by atoms with Gasteiger partial charge in [0.25, 0.3) is 11.6 Å². The summed E-state index contributed by atoms with van der Waals surface area (Å²) in [6.07, 6.45) is 2.72. The molecule has 0 aliphatic heterocycles. The number of ether oxygens (including phenoxy) is 1. The van der Waals surface area contributed by atoms with E-state index in [0.717, 1.165) is 42.7 Å². The Morgan fingerprint density at radius 3 is 2.88 bits per heavy atom. The van der Waals surface area contributed by atoms with E-state index < -0.39 is 23.4 Å². The molecule has 0 unspecified atom stereocenters. The molecule has 0 bridgehead atoms. The van der Waals surface area contributed by atoms with Crippen LogP contribution >= 0.6 is 11.8 Å². The minimum Gasteiger partial charge on any atom is -0.452 e. The van der Waals surface area contributed by atoms with E-state index in [1.165, 1.54) is 22.4 Å². The van der Waals surface area contributed by atoms with E-state index in [2.05, 4.69) is 20.8 Å². The van der Waals surface area contributed by atoms with Gasteiger partial charge in [-0.05, 0) is 58.6 Å². The number of amides is 1. The van der Waals surface area contributed by atoms with Gasteiger partial charge in [-0.2, -0.15) is 0 Å². The van der Waals surface area contributed by atoms with Crippen LogP contribution in [0.3, 0.4) is 0 Å². The molecule has 1 amide bonds. The summed E-state index contributed by atoms with van der Waals surface area (Å²) in [6, 6.07) is 11.6. The first kappa shape index (κ1) is 22.4. The number of aromatic nitrogens is 4. The first-order chi connectivity index (χ1) is 15.9.